The van der Waals surface area contributed by atoms with Gasteiger partial charge in [0, 0.05) is 31.7 Å². The van der Waals surface area contributed by atoms with E-state index in [0.29, 0.717) is 12.1 Å². The van der Waals surface area contributed by atoms with Crippen molar-refractivity contribution in [3.63, 3.8) is 0 Å². The topological polar surface area (TPSA) is 18.5 Å². The maximum Gasteiger partial charge on any atom is 0.0292 e. The summed E-state index contributed by atoms with van der Waals surface area (Å²) < 4.78 is 0. The Balaban J connectivity index is 1.96. The first-order chi connectivity index (χ1) is 9.70. The molecular formula is C17H33N3. The number of allylic oxidation sites excluding steroid dienone is 1. The van der Waals surface area contributed by atoms with Crippen LogP contribution in [0.5, 0.6) is 0 Å². The highest BCUT2D eigenvalue weighted by molar-refractivity contribution is 5.12. The van der Waals surface area contributed by atoms with Crippen LogP contribution < -0.4 is 5.32 Å². The summed E-state index contributed by atoms with van der Waals surface area (Å²) in [5.74, 6) is 0. The maximum atomic E-state index is 3.59. The molecule has 0 spiro atoms. The van der Waals surface area contributed by atoms with E-state index in [1.165, 1.54) is 64.6 Å². The number of nitrogens with zero attached hydrogens (tertiary/aromatic N) is 2. The molecule has 0 aromatic rings. The van der Waals surface area contributed by atoms with E-state index in [4.69, 9.17) is 0 Å². The lowest BCUT2D eigenvalue weighted by molar-refractivity contribution is 0.104. The highest BCUT2D eigenvalue weighted by Gasteiger charge is 2.26. The fourth-order valence-corrected chi connectivity index (χ4v) is 3.62. The van der Waals surface area contributed by atoms with Crippen LogP contribution in [-0.2, 0) is 0 Å². The van der Waals surface area contributed by atoms with Crippen molar-refractivity contribution in [1.82, 2.24) is 15.1 Å². The van der Waals surface area contributed by atoms with Crippen LogP contribution in [0, 0.1) is 0 Å². The van der Waals surface area contributed by atoms with Crippen molar-refractivity contribution in [2.75, 3.05) is 40.8 Å². The normalized spacial score (nSPS) is 28.6. The summed E-state index contributed by atoms with van der Waals surface area (Å²) in [5.41, 5.74) is 1.67. The van der Waals surface area contributed by atoms with Gasteiger partial charge in [-0.3, -0.25) is 0 Å². The SMILES string of the molecule is CNC(CC1CN(C)CCN1C)C1=CCCCCCC1. The summed E-state index contributed by atoms with van der Waals surface area (Å²) >= 11 is 0. The lowest BCUT2D eigenvalue weighted by atomic mass is 9.90. The van der Waals surface area contributed by atoms with Gasteiger partial charge in [-0.2, -0.15) is 0 Å². The quantitative estimate of drug-likeness (QED) is 0.798. The molecule has 3 heteroatoms. The lowest BCUT2D eigenvalue weighted by Crippen LogP contribution is -2.52. The van der Waals surface area contributed by atoms with Gasteiger partial charge in [0.2, 0.25) is 0 Å². The number of rotatable bonds is 4. The van der Waals surface area contributed by atoms with Gasteiger partial charge in [-0.05, 0) is 53.2 Å². The molecule has 20 heavy (non-hydrogen) atoms. The minimum absolute atomic E-state index is 0.576. The Bertz CT molecular complexity index is 313. The van der Waals surface area contributed by atoms with Gasteiger partial charge in [-0.15, -0.1) is 0 Å². The van der Waals surface area contributed by atoms with Gasteiger partial charge in [0.25, 0.3) is 0 Å². The zero-order chi connectivity index (χ0) is 14.4. The maximum absolute atomic E-state index is 3.59. The number of piperazine rings is 1. The average Bonchev–Trinajstić information content (AvgIpc) is 2.40. The van der Waals surface area contributed by atoms with Crippen molar-refractivity contribution in [2.45, 2.75) is 57.0 Å². The number of hydrogen-bond acceptors (Lipinski definition) is 3. The molecule has 0 radical (unpaired) electrons. The molecule has 2 rings (SSSR count). The van der Waals surface area contributed by atoms with Gasteiger partial charge in [0.1, 0.15) is 0 Å². The number of nitrogens with one attached hydrogen (secondary N) is 1. The standard InChI is InChI=1S/C17H33N3/c1-18-17(15-9-7-5-4-6-8-10-15)13-16-14-19(2)11-12-20(16)3/h9,16-18H,4-8,10-14H2,1-3H3. The van der Waals surface area contributed by atoms with Crippen LogP contribution >= 0.6 is 0 Å². The molecular weight excluding hydrogens is 246 g/mol. The van der Waals surface area contributed by atoms with Gasteiger partial charge in [-0.25, -0.2) is 0 Å². The van der Waals surface area contributed by atoms with Crippen molar-refractivity contribution in [3.8, 4) is 0 Å². The number of likely N-dealkylation sites (N-methyl/N-ethyl adjacent to an activating group) is 3. The van der Waals surface area contributed by atoms with Gasteiger partial charge in [0.05, 0.1) is 0 Å². The molecule has 1 aliphatic carbocycles. The van der Waals surface area contributed by atoms with Gasteiger partial charge in [0.15, 0.2) is 0 Å². The Hall–Kier alpha value is -0.380. The molecule has 1 heterocycles. The molecule has 1 N–H and O–H groups in total. The van der Waals surface area contributed by atoms with E-state index in [1.807, 2.05) is 0 Å². The van der Waals surface area contributed by atoms with Crippen LogP contribution in [0.1, 0.15) is 44.9 Å². The van der Waals surface area contributed by atoms with Crippen LogP contribution in [0.2, 0.25) is 0 Å². The highest BCUT2D eigenvalue weighted by Crippen LogP contribution is 2.23. The van der Waals surface area contributed by atoms with E-state index in [-0.39, 0.29) is 0 Å². The van der Waals surface area contributed by atoms with Crippen molar-refractivity contribution in [3.05, 3.63) is 11.6 Å². The molecule has 0 aromatic heterocycles. The summed E-state index contributed by atoms with van der Waals surface area (Å²) in [7, 11) is 6.68. The second kappa shape index (κ2) is 8.16. The van der Waals surface area contributed by atoms with Crippen molar-refractivity contribution >= 4 is 0 Å². The monoisotopic (exact) mass is 279 g/mol. The smallest absolute Gasteiger partial charge is 0.0292 e. The van der Waals surface area contributed by atoms with E-state index in [9.17, 15) is 0 Å². The van der Waals surface area contributed by atoms with Crippen LogP contribution in [0.25, 0.3) is 0 Å². The molecule has 0 saturated carbocycles. The predicted molar refractivity (Wildman–Crippen MR) is 87.2 cm³/mol. The molecule has 0 aromatic carbocycles. The molecule has 3 nitrogen and oxygen atoms in total. The largest absolute Gasteiger partial charge is 0.313 e. The summed E-state index contributed by atoms with van der Waals surface area (Å²) in [6.07, 6.45) is 12.0. The van der Waals surface area contributed by atoms with Crippen LogP contribution in [0.15, 0.2) is 11.6 Å². The first-order valence-electron chi connectivity index (χ1n) is 8.45. The molecule has 2 aliphatic rings. The van der Waals surface area contributed by atoms with Crippen molar-refractivity contribution < 1.29 is 0 Å². The van der Waals surface area contributed by atoms with Crippen LogP contribution in [-0.4, -0.2) is 62.7 Å². The first-order valence-corrected chi connectivity index (χ1v) is 8.45. The molecule has 2 atom stereocenters. The van der Waals surface area contributed by atoms with E-state index in [0.717, 1.165) is 0 Å². The molecule has 2 unspecified atom stereocenters. The third kappa shape index (κ3) is 4.57. The fraction of sp³-hybridized carbons (Fsp3) is 0.882. The van der Waals surface area contributed by atoms with E-state index in [2.05, 4.69) is 42.3 Å². The zero-order valence-corrected chi connectivity index (χ0v) is 13.7. The van der Waals surface area contributed by atoms with Crippen molar-refractivity contribution in [1.29, 1.82) is 0 Å². The summed E-state index contributed by atoms with van der Waals surface area (Å²) in [5, 5.41) is 3.59. The predicted octanol–water partition coefficient (Wildman–Crippen LogP) is 2.49. The Morgan fingerprint density at radius 3 is 2.80 bits per heavy atom. The molecule has 0 amide bonds. The third-order valence-electron chi connectivity index (χ3n) is 5.11. The van der Waals surface area contributed by atoms with E-state index < -0.39 is 0 Å². The zero-order valence-electron chi connectivity index (χ0n) is 13.7. The average molecular weight is 279 g/mol. The molecule has 1 aliphatic heterocycles. The van der Waals surface area contributed by atoms with Crippen LogP contribution in [0.4, 0.5) is 0 Å². The molecule has 116 valence electrons. The minimum atomic E-state index is 0.576. The summed E-state index contributed by atoms with van der Waals surface area (Å²) in [6, 6.07) is 1.27. The third-order valence-corrected chi connectivity index (χ3v) is 5.11. The Labute approximate surface area is 125 Å². The fourth-order valence-electron chi connectivity index (χ4n) is 3.62. The van der Waals surface area contributed by atoms with Gasteiger partial charge in [-0.1, -0.05) is 24.5 Å². The Morgan fingerprint density at radius 2 is 2.00 bits per heavy atom. The molecule has 1 saturated heterocycles. The van der Waals surface area contributed by atoms with E-state index >= 15 is 0 Å². The minimum Gasteiger partial charge on any atom is -0.313 e. The Kier molecular flexibility index (Phi) is 6.53. The highest BCUT2D eigenvalue weighted by atomic mass is 15.3. The van der Waals surface area contributed by atoms with Gasteiger partial charge < -0.3 is 15.1 Å². The second-order valence-corrected chi connectivity index (χ2v) is 6.71. The van der Waals surface area contributed by atoms with Gasteiger partial charge >= 0.3 is 0 Å². The Morgan fingerprint density at radius 1 is 1.20 bits per heavy atom. The summed E-state index contributed by atoms with van der Waals surface area (Å²) in [4.78, 5) is 5.03. The molecule has 0 bridgehead atoms. The number of hydrogen-bond donors (Lipinski definition) is 1. The first kappa shape index (κ1) is 16.0. The van der Waals surface area contributed by atoms with E-state index in [1.54, 1.807) is 5.57 Å². The summed E-state index contributed by atoms with van der Waals surface area (Å²) in [6.45, 7) is 3.62. The lowest BCUT2D eigenvalue weighted by Gasteiger charge is -2.39. The molecule has 1 fully saturated rings. The van der Waals surface area contributed by atoms with Crippen LogP contribution in [0.3, 0.4) is 0 Å². The second-order valence-electron chi connectivity index (χ2n) is 6.71. The van der Waals surface area contributed by atoms with Crippen molar-refractivity contribution in [2.24, 2.45) is 0 Å².